The lowest BCUT2D eigenvalue weighted by Gasteiger charge is -2.39. The molecule has 19 heavy (non-hydrogen) atoms. The Bertz CT molecular complexity index is 286. The lowest BCUT2D eigenvalue weighted by molar-refractivity contribution is -0.124. The first kappa shape index (κ1) is 16.4. The fourth-order valence-corrected chi connectivity index (χ4v) is 2.38. The number of methoxy groups -OCH3 is 1. The minimum absolute atomic E-state index is 0.0294. The molecule has 5 nitrogen and oxygen atoms in total. The number of carbonyl (C=O) groups is 1. The molecule has 0 saturated carbocycles. The van der Waals surface area contributed by atoms with E-state index < -0.39 is 0 Å². The Kier molecular flexibility index (Phi) is 6.75. The van der Waals surface area contributed by atoms with Crippen LogP contribution in [0.5, 0.6) is 0 Å². The molecule has 1 heterocycles. The maximum absolute atomic E-state index is 11.9. The van der Waals surface area contributed by atoms with Crippen LogP contribution in [0, 0.1) is 0 Å². The Balaban J connectivity index is 2.35. The van der Waals surface area contributed by atoms with Crippen LogP contribution in [0.4, 0.5) is 0 Å². The quantitative estimate of drug-likeness (QED) is 0.681. The Morgan fingerprint density at radius 1 is 1.58 bits per heavy atom. The molecule has 0 radical (unpaired) electrons. The van der Waals surface area contributed by atoms with Crippen LogP contribution in [0.25, 0.3) is 0 Å². The van der Waals surface area contributed by atoms with Crippen LogP contribution in [-0.4, -0.2) is 50.5 Å². The Labute approximate surface area is 116 Å². The second-order valence-electron chi connectivity index (χ2n) is 5.51. The second-order valence-corrected chi connectivity index (χ2v) is 5.51. The largest absolute Gasteiger partial charge is 0.383 e. The van der Waals surface area contributed by atoms with E-state index in [0.717, 1.165) is 25.9 Å². The molecule has 0 aromatic carbocycles. The van der Waals surface area contributed by atoms with Crippen molar-refractivity contribution in [2.45, 2.75) is 57.7 Å². The summed E-state index contributed by atoms with van der Waals surface area (Å²) in [4.78, 5) is 11.9. The van der Waals surface area contributed by atoms with Crippen molar-refractivity contribution in [2.24, 2.45) is 0 Å². The summed E-state index contributed by atoms with van der Waals surface area (Å²) in [6, 6.07) is 0.169. The van der Waals surface area contributed by atoms with Crippen molar-refractivity contribution in [2.75, 3.05) is 26.9 Å². The molecule has 1 amide bonds. The number of carbonyl (C=O) groups excluding carboxylic acids is 1. The zero-order valence-corrected chi connectivity index (χ0v) is 12.6. The normalized spacial score (nSPS) is 28.9. The number of hydrogen-bond acceptors (Lipinski definition) is 4. The standard InChI is InChI=1S/C14H28N2O3/c1-5-14(3)10-12(6-8-19-14)16-11(2)13(17)15-7-9-18-4/h11-12,16H,5-10H2,1-4H3,(H,15,17). The summed E-state index contributed by atoms with van der Waals surface area (Å²) in [6.07, 6.45) is 2.92. The average molecular weight is 272 g/mol. The molecule has 3 unspecified atom stereocenters. The summed E-state index contributed by atoms with van der Waals surface area (Å²) >= 11 is 0. The summed E-state index contributed by atoms with van der Waals surface area (Å²) in [7, 11) is 1.63. The monoisotopic (exact) mass is 272 g/mol. The smallest absolute Gasteiger partial charge is 0.236 e. The van der Waals surface area contributed by atoms with Crippen LogP contribution in [0.1, 0.15) is 40.0 Å². The molecule has 0 bridgehead atoms. The second kappa shape index (κ2) is 7.82. The van der Waals surface area contributed by atoms with Crippen LogP contribution < -0.4 is 10.6 Å². The molecular formula is C14H28N2O3. The van der Waals surface area contributed by atoms with Crippen LogP contribution in [-0.2, 0) is 14.3 Å². The van der Waals surface area contributed by atoms with Gasteiger partial charge in [-0.25, -0.2) is 0 Å². The summed E-state index contributed by atoms with van der Waals surface area (Å²) in [5.41, 5.74) is -0.0534. The first-order valence-electron chi connectivity index (χ1n) is 7.17. The van der Waals surface area contributed by atoms with Crippen LogP contribution in [0.15, 0.2) is 0 Å². The van der Waals surface area contributed by atoms with Gasteiger partial charge in [0.2, 0.25) is 5.91 Å². The highest BCUT2D eigenvalue weighted by molar-refractivity contribution is 5.81. The maximum Gasteiger partial charge on any atom is 0.236 e. The number of ether oxygens (including phenoxy) is 2. The minimum Gasteiger partial charge on any atom is -0.383 e. The molecule has 1 rings (SSSR count). The Hall–Kier alpha value is -0.650. The first-order chi connectivity index (χ1) is 9.00. The molecule has 0 spiro atoms. The molecule has 3 atom stereocenters. The molecule has 0 aromatic rings. The lowest BCUT2D eigenvalue weighted by Crippen LogP contribution is -2.52. The third kappa shape index (κ3) is 5.47. The summed E-state index contributed by atoms with van der Waals surface area (Å²) < 4.78 is 10.7. The lowest BCUT2D eigenvalue weighted by atomic mass is 9.89. The van der Waals surface area contributed by atoms with Crippen LogP contribution >= 0.6 is 0 Å². The van der Waals surface area contributed by atoms with Crippen molar-refractivity contribution in [3.63, 3.8) is 0 Å². The van der Waals surface area contributed by atoms with Gasteiger partial charge in [0.15, 0.2) is 0 Å². The van der Waals surface area contributed by atoms with E-state index >= 15 is 0 Å². The third-order valence-corrected chi connectivity index (χ3v) is 3.83. The van der Waals surface area contributed by atoms with Gasteiger partial charge in [0.05, 0.1) is 18.2 Å². The van der Waals surface area contributed by atoms with E-state index in [0.29, 0.717) is 19.2 Å². The number of amides is 1. The fourth-order valence-electron chi connectivity index (χ4n) is 2.38. The molecule has 1 fully saturated rings. The van der Waals surface area contributed by atoms with Crippen molar-refractivity contribution in [1.82, 2.24) is 10.6 Å². The van der Waals surface area contributed by atoms with Crippen molar-refractivity contribution in [3.05, 3.63) is 0 Å². The highest BCUT2D eigenvalue weighted by Gasteiger charge is 2.32. The predicted octanol–water partition coefficient (Wildman–Crippen LogP) is 1.07. The Morgan fingerprint density at radius 2 is 2.32 bits per heavy atom. The van der Waals surface area contributed by atoms with Gasteiger partial charge in [0, 0.05) is 26.3 Å². The van der Waals surface area contributed by atoms with Crippen molar-refractivity contribution in [3.8, 4) is 0 Å². The van der Waals surface area contributed by atoms with Crippen molar-refractivity contribution in [1.29, 1.82) is 0 Å². The van der Waals surface area contributed by atoms with E-state index in [1.54, 1.807) is 7.11 Å². The van der Waals surface area contributed by atoms with Gasteiger partial charge >= 0.3 is 0 Å². The van der Waals surface area contributed by atoms with Gasteiger partial charge in [-0.05, 0) is 33.1 Å². The van der Waals surface area contributed by atoms with Gasteiger partial charge in [0.25, 0.3) is 0 Å². The average Bonchev–Trinajstić information content (AvgIpc) is 2.39. The molecule has 1 aliphatic heterocycles. The van der Waals surface area contributed by atoms with E-state index in [-0.39, 0.29) is 17.6 Å². The summed E-state index contributed by atoms with van der Waals surface area (Å²) in [5, 5.41) is 6.25. The highest BCUT2D eigenvalue weighted by atomic mass is 16.5. The molecule has 0 aliphatic carbocycles. The van der Waals surface area contributed by atoms with Gasteiger partial charge in [0.1, 0.15) is 0 Å². The van der Waals surface area contributed by atoms with Gasteiger partial charge in [-0.2, -0.15) is 0 Å². The fraction of sp³-hybridized carbons (Fsp3) is 0.929. The zero-order chi connectivity index (χ0) is 14.3. The first-order valence-corrected chi connectivity index (χ1v) is 7.17. The van der Waals surface area contributed by atoms with Crippen LogP contribution in [0.3, 0.4) is 0 Å². The van der Waals surface area contributed by atoms with Gasteiger partial charge < -0.3 is 20.1 Å². The molecule has 2 N–H and O–H groups in total. The van der Waals surface area contributed by atoms with E-state index in [1.165, 1.54) is 0 Å². The highest BCUT2D eigenvalue weighted by Crippen LogP contribution is 2.27. The van der Waals surface area contributed by atoms with Gasteiger partial charge in [-0.15, -0.1) is 0 Å². The minimum atomic E-state index is -0.180. The number of rotatable bonds is 7. The topological polar surface area (TPSA) is 59.6 Å². The molecule has 0 aromatic heterocycles. The van der Waals surface area contributed by atoms with E-state index in [9.17, 15) is 4.79 Å². The molecule has 112 valence electrons. The van der Waals surface area contributed by atoms with E-state index in [2.05, 4.69) is 24.5 Å². The predicted molar refractivity (Wildman–Crippen MR) is 75.2 cm³/mol. The van der Waals surface area contributed by atoms with Crippen molar-refractivity contribution < 1.29 is 14.3 Å². The molecule has 1 aliphatic rings. The zero-order valence-electron chi connectivity index (χ0n) is 12.6. The van der Waals surface area contributed by atoms with Crippen LogP contribution in [0.2, 0.25) is 0 Å². The van der Waals surface area contributed by atoms with E-state index in [1.807, 2.05) is 6.92 Å². The molecular weight excluding hydrogens is 244 g/mol. The third-order valence-electron chi connectivity index (χ3n) is 3.83. The van der Waals surface area contributed by atoms with Crippen molar-refractivity contribution >= 4 is 5.91 Å². The molecule has 1 saturated heterocycles. The SMILES string of the molecule is CCC1(C)CC(NC(C)C(=O)NCCOC)CCO1. The molecule has 5 heteroatoms. The summed E-state index contributed by atoms with van der Waals surface area (Å²) in [6.45, 7) is 8.06. The van der Waals surface area contributed by atoms with E-state index in [4.69, 9.17) is 9.47 Å². The Morgan fingerprint density at radius 3 is 2.95 bits per heavy atom. The number of nitrogens with one attached hydrogen (secondary N) is 2. The van der Waals surface area contributed by atoms with Gasteiger partial charge in [-0.3, -0.25) is 4.79 Å². The van der Waals surface area contributed by atoms with Gasteiger partial charge in [-0.1, -0.05) is 6.92 Å². The maximum atomic E-state index is 11.9. The summed E-state index contributed by atoms with van der Waals surface area (Å²) in [5.74, 6) is 0.0294. The number of hydrogen-bond donors (Lipinski definition) is 2.